The molecule has 10 heteroatoms. The average Bonchev–Trinajstić information content (AvgIpc) is 3.33. The van der Waals surface area contributed by atoms with Crippen molar-refractivity contribution < 1.29 is 14.3 Å². The number of aryl methyl sites for hydroxylation is 1. The summed E-state index contributed by atoms with van der Waals surface area (Å²) in [6.07, 6.45) is 2.69. The van der Waals surface area contributed by atoms with E-state index in [1.165, 1.54) is 10.1 Å². The number of nitrogens with one attached hydrogen (secondary N) is 4. The minimum atomic E-state index is -0.694. The smallest absolute Gasteiger partial charge is 0.413 e. The number of rotatable bonds is 8. The van der Waals surface area contributed by atoms with Crippen LogP contribution in [-0.2, 0) is 28.9 Å². The highest BCUT2D eigenvalue weighted by Gasteiger charge is 2.31. The molecular formula is C29H34N6O4. The Labute approximate surface area is 227 Å². The number of hydrogen-bond donors (Lipinski definition) is 4. The maximum atomic E-state index is 13.2. The lowest BCUT2D eigenvalue weighted by Gasteiger charge is -2.19. The summed E-state index contributed by atoms with van der Waals surface area (Å²) in [5, 5.41) is 16.6. The molecule has 1 atom stereocenters. The van der Waals surface area contributed by atoms with E-state index in [9.17, 15) is 14.4 Å². The lowest BCUT2D eigenvalue weighted by molar-refractivity contribution is -0.124. The molecular weight excluding hydrogens is 496 g/mol. The van der Waals surface area contributed by atoms with Crippen molar-refractivity contribution in [3.05, 3.63) is 93.7 Å². The molecule has 0 saturated carbocycles. The maximum Gasteiger partial charge on any atom is 0.413 e. The molecule has 2 amide bonds. The van der Waals surface area contributed by atoms with Gasteiger partial charge in [-0.05, 0) is 44.7 Å². The van der Waals surface area contributed by atoms with Gasteiger partial charge in [-0.15, -0.1) is 0 Å². The Balaban J connectivity index is 1.32. The molecule has 1 aromatic heterocycles. The summed E-state index contributed by atoms with van der Waals surface area (Å²) in [5.74, 6) is 0.277. The van der Waals surface area contributed by atoms with Gasteiger partial charge in [0.2, 0.25) is 5.91 Å². The third-order valence-electron chi connectivity index (χ3n) is 6.23. The van der Waals surface area contributed by atoms with Crippen LogP contribution in [0.2, 0.25) is 0 Å². The van der Waals surface area contributed by atoms with Gasteiger partial charge in [0.15, 0.2) is 0 Å². The monoisotopic (exact) mass is 530 g/mol. The van der Waals surface area contributed by atoms with Crippen LogP contribution in [0.25, 0.3) is 0 Å². The highest BCUT2D eigenvalue weighted by atomic mass is 16.6. The summed E-state index contributed by atoms with van der Waals surface area (Å²) in [6, 6.07) is 16.3. The minimum absolute atomic E-state index is 0.0811. The van der Waals surface area contributed by atoms with E-state index in [-0.39, 0.29) is 23.8 Å². The largest absolute Gasteiger partial charge is 0.444 e. The summed E-state index contributed by atoms with van der Waals surface area (Å²) in [7, 11) is 0. The number of carbonyl (C=O) groups is 2. The predicted molar refractivity (Wildman–Crippen MR) is 149 cm³/mol. The van der Waals surface area contributed by atoms with Crippen LogP contribution in [0, 0.1) is 5.41 Å². The Morgan fingerprint density at radius 2 is 1.79 bits per heavy atom. The number of alkyl carbamates (subject to hydrolysis) is 1. The molecule has 39 heavy (non-hydrogen) atoms. The van der Waals surface area contributed by atoms with E-state index in [0.717, 1.165) is 12.0 Å². The first-order valence-electron chi connectivity index (χ1n) is 12.9. The number of anilines is 1. The fourth-order valence-corrected chi connectivity index (χ4v) is 4.33. The molecule has 2 aromatic carbocycles. The van der Waals surface area contributed by atoms with E-state index < -0.39 is 17.7 Å². The number of benzene rings is 2. The molecule has 2 heterocycles. The van der Waals surface area contributed by atoms with E-state index in [0.29, 0.717) is 36.5 Å². The molecule has 10 nitrogen and oxygen atoms in total. The van der Waals surface area contributed by atoms with Crippen LogP contribution in [-0.4, -0.2) is 39.5 Å². The zero-order chi connectivity index (χ0) is 28.0. The van der Waals surface area contributed by atoms with Crippen molar-refractivity contribution in [1.82, 2.24) is 20.2 Å². The van der Waals surface area contributed by atoms with Gasteiger partial charge in [-0.3, -0.25) is 24.9 Å². The van der Waals surface area contributed by atoms with E-state index in [2.05, 4.69) is 20.9 Å². The second-order valence-corrected chi connectivity index (χ2v) is 10.4. The Morgan fingerprint density at radius 1 is 1.08 bits per heavy atom. The van der Waals surface area contributed by atoms with Crippen LogP contribution in [0.4, 0.5) is 10.5 Å². The number of nitrogens with zero attached hydrogens (tertiary/aromatic N) is 2. The van der Waals surface area contributed by atoms with E-state index in [1.807, 2.05) is 30.3 Å². The fourth-order valence-electron chi connectivity index (χ4n) is 4.33. The number of hydrogen-bond acceptors (Lipinski definition) is 7. The number of aromatic nitrogens is 2. The third kappa shape index (κ3) is 7.31. The molecule has 0 fully saturated rings. The zero-order valence-electron chi connectivity index (χ0n) is 22.4. The minimum Gasteiger partial charge on any atom is -0.444 e. The van der Waals surface area contributed by atoms with E-state index >= 15 is 0 Å². The molecule has 0 radical (unpaired) electrons. The normalized spacial score (nSPS) is 14.3. The number of ether oxygens (including phenoxy) is 1. The molecule has 0 spiro atoms. The SMILES string of the molecule is CC(C)(C)OC(=O)NC(=N)c1ccc(CNC(=O)[C@@H]2CCc3ncc(NCCc4ccccc4)c(=O)n32)cc1. The molecule has 0 saturated heterocycles. The summed E-state index contributed by atoms with van der Waals surface area (Å²) >= 11 is 0. The summed E-state index contributed by atoms with van der Waals surface area (Å²) in [5.41, 5.74) is 1.97. The first-order valence-corrected chi connectivity index (χ1v) is 12.9. The van der Waals surface area contributed by atoms with E-state index in [4.69, 9.17) is 10.1 Å². The van der Waals surface area contributed by atoms with Crippen molar-refractivity contribution in [2.45, 2.75) is 58.2 Å². The van der Waals surface area contributed by atoms with Gasteiger partial charge >= 0.3 is 6.09 Å². The quantitative estimate of drug-likeness (QED) is 0.260. The molecule has 1 aliphatic rings. The lowest BCUT2D eigenvalue weighted by Crippen LogP contribution is -2.36. The van der Waals surface area contributed by atoms with Gasteiger partial charge in [0.25, 0.3) is 5.56 Å². The van der Waals surface area contributed by atoms with Gasteiger partial charge in [0.1, 0.15) is 29.0 Å². The Hall–Kier alpha value is -4.47. The first-order chi connectivity index (χ1) is 18.6. The van der Waals surface area contributed by atoms with Gasteiger partial charge in [-0.2, -0.15) is 0 Å². The van der Waals surface area contributed by atoms with Crippen LogP contribution in [0.1, 0.15) is 55.7 Å². The number of fused-ring (bicyclic) bond motifs is 1. The van der Waals surface area contributed by atoms with Crippen molar-refractivity contribution in [1.29, 1.82) is 5.41 Å². The highest BCUT2D eigenvalue weighted by Crippen LogP contribution is 2.23. The van der Waals surface area contributed by atoms with Crippen molar-refractivity contribution >= 4 is 23.5 Å². The van der Waals surface area contributed by atoms with Gasteiger partial charge < -0.3 is 15.4 Å². The zero-order valence-corrected chi connectivity index (χ0v) is 22.4. The maximum absolute atomic E-state index is 13.2. The third-order valence-corrected chi connectivity index (χ3v) is 6.23. The van der Waals surface area contributed by atoms with Gasteiger partial charge in [0.05, 0.1) is 6.20 Å². The Kier molecular flexibility index (Phi) is 8.43. The summed E-state index contributed by atoms with van der Waals surface area (Å²) < 4.78 is 6.67. The second kappa shape index (κ2) is 11.9. The number of amidine groups is 1. The second-order valence-electron chi connectivity index (χ2n) is 10.4. The van der Waals surface area contributed by atoms with E-state index in [1.54, 1.807) is 51.2 Å². The molecule has 1 aliphatic heterocycles. The first kappa shape index (κ1) is 27.6. The standard InChI is InChI=1S/C29H34N6O4/c1-29(2,3)39-28(38)34-25(30)21-11-9-20(10-12-21)17-33-26(36)23-13-14-24-32-18-22(27(37)35(23)24)31-16-15-19-7-5-4-6-8-19/h4-12,18,23,31H,13-17H2,1-3H3,(H,33,36)(H2,30,34,38)/t23-/m0/s1. The molecule has 204 valence electrons. The van der Waals surface area contributed by atoms with Crippen LogP contribution >= 0.6 is 0 Å². The number of amides is 2. The van der Waals surface area contributed by atoms with Crippen LogP contribution < -0.4 is 21.5 Å². The van der Waals surface area contributed by atoms with Crippen molar-refractivity contribution in [2.75, 3.05) is 11.9 Å². The van der Waals surface area contributed by atoms with Crippen molar-refractivity contribution in [2.24, 2.45) is 0 Å². The van der Waals surface area contributed by atoms with Gasteiger partial charge in [-0.1, -0.05) is 54.6 Å². The molecule has 0 unspecified atom stereocenters. The van der Waals surface area contributed by atoms with Gasteiger partial charge in [0, 0.05) is 25.1 Å². The topological polar surface area (TPSA) is 138 Å². The lowest BCUT2D eigenvalue weighted by atomic mass is 10.1. The predicted octanol–water partition coefficient (Wildman–Crippen LogP) is 3.55. The molecule has 4 N–H and O–H groups in total. The molecule has 0 aliphatic carbocycles. The van der Waals surface area contributed by atoms with Crippen LogP contribution in [0.5, 0.6) is 0 Å². The molecule has 4 rings (SSSR count). The number of carbonyl (C=O) groups excluding carboxylic acids is 2. The molecule has 0 bridgehead atoms. The summed E-state index contributed by atoms with van der Waals surface area (Å²) in [6.45, 7) is 6.09. The average molecular weight is 531 g/mol. The Bertz CT molecular complexity index is 1390. The molecule has 3 aromatic rings. The van der Waals surface area contributed by atoms with Crippen molar-refractivity contribution in [3.63, 3.8) is 0 Å². The van der Waals surface area contributed by atoms with Crippen LogP contribution in [0.3, 0.4) is 0 Å². The summed E-state index contributed by atoms with van der Waals surface area (Å²) in [4.78, 5) is 42.5. The highest BCUT2D eigenvalue weighted by molar-refractivity contribution is 6.04. The van der Waals surface area contributed by atoms with Crippen molar-refractivity contribution in [3.8, 4) is 0 Å². The van der Waals surface area contributed by atoms with Gasteiger partial charge in [-0.25, -0.2) is 9.78 Å². The van der Waals surface area contributed by atoms with Crippen LogP contribution in [0.15, 0.2) is 65.6 Å². The Morgan fingerprint density at radius 3 is 2.49 bits per heavy atom. The fraction of sp³-hybridized carbons (Fsp3) is 0.345.